The molecular weight excluding hydrogens is 283 g/mol. The highest BCUT2D eigenvalue weighted by Gasteiger charge is 2.59. The van der Waals surface area contributed by atoms with Crippen LogP contribution in [-0.2, 0) is 10.2 Å². The molecule has 4 heteroatoms. The summed E-state index contributed by atoms with van der Waals surface area (Å²) in [6, 6.07) is 4.99. The molecule has 0 heterocycles. The van der Waals surface area contributed by atoms with Crippen molar-refractivity contribution in [3.8, 4) is 5.75 Å². The van der Waals surface area contributed by atoms with Gasteiger partial charge in [-0.3, -0.25) is 0 Å². The van der Waals surface area contributed by atoms with E-state index in [0.29, 0.717) is 42.4 Å². The smallest absolute Gasteiger partial charge is 0.130 e. The Labute approximate surface area is 129 Å². The summed E-state index contributed by atoms with van der Waals surface area (Å²) in [4.78, 5) is 11.8. The first kappa shape index (κ1) is 14.0. The van der Waals surface area contributed by atoms with E-state index in [4.69, 9.17) is 4.74 Å². The molecule has 4 aliphatic carbocycles. The Kier molecular flexibility index (Phi) is 2.85. The third-order valence-corrected chi connectivity index (χ3v) is 6.24. The van der Waals surface area contributed by atoms with Crippen LogP contribution in [0.5, 0.6) is 5.75 Å². The van der Waals surface area contributed by atoms with Crippen molar-refractivity contribution in [1.82, 2.24) is 0 Å². The first-order valence-electron chi connectivity index (χ1n) is 8.02. The molecule has 0 radical (unpaired) electrons. The van der Waals surface area contributed by atoms with Crippen molar-refractivity contribution in [2.24, 2.45) is 17.3 Å². The van der Waals surface area contributed by atoms with Crippen molar-refractivity contribution in [2.75, 3.05) is 7.11 Å². The zero-order valence-corrected chi connectivity index (χ0v) is 12.7. The highest BCUT2D eigenvalue weighted by Crippen LogP contribution is 2.65. The second-order valence-corrected chi connectivity index (χ2v) is 7.65. The summed E-state index contributed by atoms with van der Waals surface area (Å²) in [5.74, 6) is 0.0802. The number of carboxylic acids is 1. The Morgan fingerprint density at radius 2 is 1.95 bits per heavy atom. The molecule has 0 amide bonds. The van der Waals surface area contributed by atoms with Gasteiger partial charge < -0.3 is 14.6 Å². The summed E-state index contributed by atoms with van der Waals surface area (Å²) in [7, 11) is 1.52. The van der Waals surface area contributed by atoms with E-state index in [1.807, 2.05) is 0 Å². The van der Waals surface area contributed by atoms with Crippen LogP contribution < -0.4 is 9.84 Å². The fraction of sp³-hybridized carbons (Fsp3) is 0.611. The standard InChI is InChI=1S/C18H21FO3/c1-22-13-2-3-14(15(19)5-13)17-6-11-4-12(7-17)9-18(8-11,10-17)16(20)21/h2-3,5,11-12H,4,6-10H2,1H3,(H,20,21)/p-1/t11-,12+,17?,18?. The quantitative estimate of drug-likeness (QED) is 0.861. The average Bonchev–Trinajstić information content (AvgIpc) is 2.45. The lowest BCUT2D eigenvalue weighted by molar-refractivity contribution is -0.327. The summed E-state index contributed by atoms with van der Waals surface area (Å²) in [5.41, 5.74) is -0.398. The van der Waals surface area contributed by atoms with Gasteiger partial charge in [0.05, 0.1) is 7.11 Å². The maximum absolute atomic E-state index is 14.6. The van der Waals surface area contributed by atoms with Gasteiger partial charge in [-0.2, -0.15) is 0 Å². The van der Waals surface area contributed by atoms with Crippen LogP contribution >= 0.6 is 0 Å². The van der Waals surface area contributed by atoms with Gasteiger partial charge in [0.1, 0.15) is 11.6 Å². The van der Waals surface area contributed by atoms with Crippen LogP contribution in [0.25, 0.3) is 0 Å². The average molecular weight is 303 g/mol. The van der Waals surface area contributed by atoms with Crippen LogP contribution in [0.3, 0.4) is 0 Å². The molecule has 0 aromatic heterocycles. The topological polar surface area (TPSA) is 49.4 Å². The summed E-state index contributed by atoms with van der Waals surface area (Å²) >= 11 is 0. The number of hydrogen-bond donors (Lipinski definition) is 0. The number of carbonyl (C=O) groups is 1. The minimum absolute atomic E-state index is 0.269. The number of benzene rings is 1. The zero-order valence-electron chi connectivity index (χ0n) is 12.7. The van der Waals surface area contributed by atoms with Crippen LogP contribution in [-0.4, -0.2) is 13.1 Å². The van der Waals surface area contributed by atoms with E-state index >= 15 is 0 Å². The van der Waals surface area contributed by atoms with Gasteiger partial charge in [-0.1, -0.05) is 6.07 Å². The number of rotatable bonds is 3. The lowest BCUT2D eigenvalue weighted by Crippen LogP contribution is -2.59. The van der Waals surface area contributed by atoms with E-state index in [1.54, 1.807) is 12.1 Å². The van der Waals surface area contributed by atoms with Crippen molar-refractivity contribution < 1.29 is 19.0 Å². The van der Waals surface area contributed by atoms with Gasteiger partial charge in [0, 0.05) is 17.5 Å². The van der Waals surface area contributed by atoms with E-state index in [2.05, 4.69) is 0 Å². The molecule has 22 heavy (non-hydrogen) atoms. The Morgan fingerprint density at radius 3 is 2.50 bits per heavy atom. The molecule has 0 spiro atoms. The first-order chi connectivity index (χ1) is 10.5. The predicted molar refractivity (Wildman–Crippen MR) is 76.8 cm³/mol. The zero-order chi connectivity index (χ0) is 15.5. The third-order valence-electron chi connectivity index (χ3n) is 6.24. The summed E-state index contributed by atoms with van der Waals surface area (Å²) in [6.07, 6.45) is 4.85. The summed E-state index contributed by atoms with van der Waals surface area (Å²) in [6.45, 7) is 0. The fourth-order valence-electron chi connectivity index (χ4n) is 5.87. The molecule has 5 rings (SSSR count). The van der Waals surface area contributed by atoms with Gasteiger partial charge in [-0.25, -0.2) is 4.39 Å². The number of ether oxygens (including phenoxy) is 1. The maximum atomic E-state index is 14.6. The molecule has 4 bridgehead atoms. The van der Waals surface area contributed by atoms with Gasteiger partial charge in [-0.15, -0.1) is 0 Å². The van der Waals surface area contributed by atoms with Gasteiger partial charge in [-0.05, 0) is 67.4 Å². The number of methoxy groups -OCH3 is 1. The second kappa shape index (κ2) is 4.46. The molecule has 3 nitrogen and oxygen atoms in total. The molecule has 0 saturated heterocycles. The largest absolute Gasteiger partial charge is 0.550 e. The van der Waals surface area contributed by atoms with E-state index in [9.17, 15) is 14.3 Å². The normalized spacial score (nSPS) is 39.0. The van der Waals surface area contributed by atoms with Crippen LogP contribution in [0.15, 0.2) is 18.2 Å². The monoisotopic (exact) mass is 303 g/mol. The Bertz CT molecular complexity index is 625. The molecular formula is C18H20FO3-. The number of hydrogen-bond acceptors (Lipinski definition) is 3. The van der Waals surface area contributed by atoms with E-state index < -0.39 is 11.4 Å². The number of aliphatic carboxylic acids is 1. The second-order valence-electron chi connectivity index (χ2n) is 7.65. The lowest BCUT2D eigenvalue weighted by Gasteiger charge is -2.62. The predicted octanol–water partition coefficient (Wildman–Crippen LogP) is 2.42. The third kappa shape index (κ3) is 1.82. The molecule has 1 aromatic rings. The van der Waals surface area contributed by atoms with Crippen LogP contribution in [0, 0.1) is 23.1 Å². The van der Waals surface area contributed by atoms with Crippen LogP contribution in [0.1, 0.15) is 44.1 Å². The Morgan fingerprint density at radius 1 is 1.27 bits per heavy atom. The fourth-order valence-corrected chi connectivity index (χ4v) is 5.87. The van der Waals surface area contributed by atoms with Crippen LogP contribution in [0.2, 0.25) is 0 Å². The molecule has 1 aromatic carbocycles. The van der Waals surface area contributed by atoms with E-state index in [1.165, 1.54) is 13.2 Å². The van der Waals surface area contributed by atoms with Gasteiger partial charge in [0.2, 0.25) is 0 Å². The van der Waals surface area contributed by atoms with Gasteiger partial charge in [0.15, 0.2) is 0 Å². The maximum Gasteiger partial charge on any atom is 0.130 e. The van der Waals surface area contributed by atoms with E-state index in [-0.39, 0.29) is 11.2 Å². The summed E-state index contributed by atoms with van der Waals surface area (Å²) < 4.78 is 19.7. The highest BCUT2D eigenvalue weighted by atomic mass is 19.1. The summed E-state index contributed by atoms with van der Waals surface area (Å²) in [5, 5.41) is 11.8. The SMILES string of the molecule is COc1ccc(C23C[C@@H]4C[C@@H](CC(C(=O)[O-])(C4)C2)C3)c(F)c1. The van der Waals surface area contributed by atoms with Crippen molar-refractivity contribution in [3.63, 3.8) is 0 Å². The van der Waals surface area contributed by atoms with E-state index in [0.717, 1.165) is 19.3 Å². The molecule has 0 aliphatic heterocycles. The van der Waals surface area contributed by atoms with Gasteiger partial charge >= 0.3 is 0 Å². The molecule has 4 aliphatic rings. The molecule has 118 valence electrons. The van der Waals surface area contributed by atoms with Gasteiger partial charge in [0.25, 0.3) is 0 Å². The van der Waals surface area contributed by atoms with Crippen molar-refractivity contribution in [2.45, 2.75) is 43.9 Å². The number of carbonyl (C=O) groups excluding carboxylic acids is 1. The van der Waals surface area contributed by atoms with Crippen molar-refractivity contribution in [3.05, 3.63) is 29.6 Å². The number of halogens is 1. The van der Waals surface area contributed by atoms with Crippen molar-refractivity contribution >= 4 is 5.97 Å². The Balaban J connectivity index is 1.79. The minimum atomic E-state index is -0.931. The minimum Gasteiger partial charge on any atom is -0.550 e. The highest BCUT2D eigenvalue weighted by molar-refractivity contribution is 5.73. The van der Waals surface area contributed by atoms with Crippen LogP contribution in [0.4, 0.5) is 4.39 Å². The molecule has 4 saturated carbocycles. The lowest BCUT2D eigenvalue weighted by atomic mass is 9.43. The first-order valence-corrected chi connectivity index (χ1v) is 8.02. The molecule has 4 atom stereocenters. The number of carboxylic acid groups (broad SMARTS) is 1. The molecule has 4 fully saturated rings. The molecule has 2 unspecified atom stereocenters. The van der Waals surface area contributed by atoms with Crippen molar-refractivity contribution in [1.29, 1.82) is 0 Å². The Hall–Kier alpha value is -1.58. The molecule has 0 N–H and O–H groups in total.